The molecule has 1 saturated heterocycles. The first-order valence-corrected chi connectivity index (χ1v) is 8.47. The minimum absolute atomic E-state index is 0.0745. The molecular weight excluding hydrogens is 406 g/mol. The van der Waals surface area contributed by atoms with Crippen molar-refractivity contribution in [3.05, 3.63) is 52.8 Å². The van der Waals surface area contributed by atoms with Crippen molar-refractivity contribution >= 4 is 17.6 Å². The van der Waals surface area contributed by atoms with Gasteiger partial charge in [-0.2, -0.15) is 13.2 Å². The van der Waals surface area contributed by atoms with E-state index in [1.165, 1.54) is 17.0 Å². The molecule has 0 amide bonds. The van der Waals surface area contributed by atoms with Crippen LogP contribution in [0.15, 0.2) is 30.6 Å². The Morgan fingerprint density at radius 1 is 1.32 bits per heavy atom. The maximum Gasteiger partial charge on any atom is 0.401 e. The molecule has 3 rings (SSSR count). The molecule has 1 aliphatic rings. The Morgan fingerprint density at radius 3 is 2.54 bits per heavy atom. The van der Waals surface area contributed by atoms with E-state index in [4.69, 9.17) is 21.4 Å². The Morgan fingerprint density at radius 2 is 1.96 bits per heavy atom. The summed E-state index contributed by atoms with van der Waals surface area (Å²) >= 11 is 6.03. The fourth-order valence-electron chi connectivity index (χ4n) is 2.97. The van der Waals surface area contributed by atoms with Gasteiger partial charge in [0.05, 0.1) is 24.0 Å². The molecule has 2 heterocycles. The lowest BCUT2D eigenvalue weighted by molar-refractivity contribution is -0.163. The zero-order valence-electron chi connectivity index (χ0n) is 14.2. The highest BCUT2D eigenvalue weighted by Gasteiger charge is 2.42. The molecule has 0 radical (unpaired) electrons. The molecule has 0 bridgehead atoms. The second-order valence-electron chi connectivity index (χ2n) is 6.30. The fourth-order valence-corrected chi connectivity index (χ4v) is 3.21. The normalized spacial score (nSPS) is 16.5. The minimum atomic E-state index is -4.32. The number of carboxylic acids is 1. The van der Waals surface area contributed by atoms with Gasteiger partial charge in [0.25, 0.3) is 0 Å². The number of alkyl halides is 3. The van der Waals surface area contributed by atoms with E-state index in [9.17, 15) is 22.4 Å². The second kappa shape index (κ2) is 7.88. The van der Waals surface area contributed by atoms with Gasteiger partial charge in [0.1, 0.15) is 11.9 Å². The Bertz CT molecular complexity index is 858. The number of ether oxygens (including phenoxy) is 1. The first-order valence-electron chi connectivity index (χ1n) is 8.09. The molecule has 1 aliphatic heterocycles. The van der Waals surface area contributed by atoms with E-state index in [0.717, 1.165) is 18.5 Å². The lowest BCUT2D eigenvalue weighted by Gasteiger charge is -2.43. The molecule has 0 spiro atoms. The van der Waals surface area contributed by atoms with Crippen molar-refractivity contribution in [1.82, 2.24) is 14.9 Å². The van der Waals surface area contributed by atoms with Gasteiger partial charge in [-0.05, 0) is 6.07 Å². The van der Waals surface area contributed by atoms with Crippen molar-refractivity contribution in [2.75, 3.05) is 19.6 Å². The van der Waals surface area contributed by atoms with Gasteiger partial charge in [-0.3, -0.25) is 4.90 Å². The number of nitrogens with zero attached hydrogens (tertiary/aromatic N) is 3. The second-order valence-corrected chi connectivity index (χ2v) is 6.68. The number of hydrogen-bond donors (Lipinski definition) is 1. The summed E-state index contributed by atoms with van der Waals surface area (Å²) in [5.74, 6) is -2.74. The van der Waals surface area contributed by atoms with Crippen molar-refractivity contribution in [3.63, 3.8) is 0 Å². The molecule has 28 heavy (non-hydrogen) atoms. The number of likely N-dealkylation sites (tertiary alicyclic amines) is 1. The molecule has 2 aromatic rings. The Balaban J connectivity index is 1.81. The number of rotatable bonds is 6. The maximum absolute atomic E-state index is 13.9. The number of carboxylic acid groups (broad SMARTS) is 1. The smallest absolute Gasteiger partial charge is 0.401 e. The highest BCUT2D eigenvalue weighted by Crippen LogP contribution is 2.38. The van der Waals surface area contributed by atoms with Crippen LogP contribution in [0.2, 0.25) is 5.02 Å². The van der Waals surface area contributed by atoms with Gasteiger partial charge in [-0.25, -0.2) is 19.2 Å². The molecule has 11 heteroatoms. The fraction of sp³-hybridized carbons (Fsp3) is 0.353. The van der Waals surface area contributed by atoms with Gasteiger partial charge in [0, 0.05) is 24.6 Å². The van der Waals surface area contributed by atoms with E-state index in [-0.39, 0.29) is 35.3 Å². The lowest BCUT2D eigenvalue weighted by Crippen LogP contribution is -2.53. The predicted octanol–water partition coefficient (Wildman–Crippen LogP) is 3.58. The highest BCUT2D eigenvalue weighted by atomic mass is 35.5. The van der Waals surface area contributed by atoms with Crippen LogP contribution in [0.25, 0.3) is 0 Å². The van der Waals surface area contributed by atoms with Gasteiger partial charge in [0.15, 0.2) is 5.75 Å². The molecule has 0 saturated carbocycles. The molecule has 1 aromatic carbocycles. The third kappa shape index (κ3) is 4.68. The largest absolute Gasteiger partial charge is 0.482 e. The Labute approximate surface area is 161 Å². The van der Waals surface area contributed by atoms with Gasteiger partial charge in [-0.1, -0.05) is 23.7 Å². The summed E-state index contributed by atoms with van der Waals surface area (Å²) in [6, 6.07) is 4.10. The summed E-state index contributed by atoms with van der Waals surface area (Å²) in [7, 11) is 0. The lowest BCUT2D eigenvalue weighted by atomic mass is 9.88. The first-order chi connectivity index (χ1) is 13.1. The number of aromatic nitrogens is 2. The van der Waals surface area contributed by atoms with Gasteiger partial charge < -0.3 is 9.84 Å². The Hall–Kier alpha value is -2.46. The quantitative estimate of drug-likeness (QED) is 0.721. The SMILES string of the molecule is O=C(O)c1ncc(OC(c2cccc(F)c2Cl)C2CN(CC(F)(F)F)C2)cn1. The van der Waals surface area contributed by atoms with Crippen LogP contribution in [0.5, 0.6) is 5.75 Å². The average Bonchev–Trinajstić information content (AvgIpc) is 2.58. The predicted molar refractivity (Wildman–Crippen MR) is 89.8 cm³/mol. The number of halogens is 5. The summed E-state index contributed by atoms with van der Waals surface area (Å²) in [4.78, 5) is 19.3. The van der Waals surface area contributed by atoms with Gasteiger partial charge in [-0.15, -0.1) is 0 Å². The van der Waals surface area contributed by atoms with Crippen LogP contribution < -0.4 is 4.74 Å². The summed E-state index contributed by atoms with van der Waals surface area (Å²) < 4.78 is 57.3. The number of benzene rings is 1. The third-order valence-corrected chi connectivity index (χ3v) is 4.59. The maximum atomic E-state index is 13.9. The molecule has 1 atom stereocenters. The van der Waals surface area contributed by atoms with E-state index in [1.807, 2.05) is 0 Å². The summed E-state index contributed by atoms with van der Waals surface area (Å²) in [6.45, 7) is -0.903. The van der Waals surface area contributed by atoms with Crippen LogP contribution in [0, 0.1) is 11.7 Å². The zero-order chi connectivity index (χ0) is 20.5. The topological polar surface area (TPSA) is 75.6 Å². The number of hydrogen-bond acceptors (Lipinski definition) is 5. The summed E-state index contributed by atoms with van der Waals surface area (Å²) in [6.07, 6.45) is -2.92. The van der Waals surface area contributed by atoms with Crippen molar-refractivity contribution < 1.29 is 32.2 Å². The van der Waals surface area contributed by atoms with Crippen molar-refractivity contribution in [2.45, 2.75) is 12.3 Å². The standard InChI is InChI=1S/C17H14ClF4N3O3/c18-13-11(2-1-3-12(13)19)14(9-6-25(7-9)8-17(20,21)22)28-10-4-23-15(16(26)27)24-5-10/h1-5,9,14H,6-8H2,(H,26,27). The first kappa shape index (κ1) is 20.3. The number of aromatic carboxylic acids is 1. The third-order valence-electron chi connectivity index (χ3n) is 4.19. The Kier molecular flexibility index (Phi) is 5.71. The summed E-state index contributed by atoms with van der Waals surface area (Å²) in [5, 5.41) is 8.65. The van der Waals surface area contributed by atoms with Gasteiger partial charge in [0.2, 0.25) is 5.82 Å². The molecule has 1 N–H and O–H groups in total. The molecule has 1 fully saturated rings. The van der Waals surface area contributed by atoms with Crippen LogP contribution in [-0.4, -0.2) is 51.8 Å². The van der Waals surface area contributed by atoms with Crippen LogP contribution in [0.4, 0.5) is 17.6 Å². The highest BCUT2D eigenvalue weighted by molar-refractivity contribution is 6.31. The van der Waals surface area contributed by atoms with E-state index < -0.39 is 36.4 Å². The zero-order valence-corrected chi connectivity index (χ0v) is 14.9. The monoisotopic (exact) mass is 419 g/mol. The van der Waals surface area contributed by atoms with E-state index in [2.05, 4.69) is 9.97 Å². The molecule has 6 nitrogen and oxygen atoms in total. The van der Waals surface area contributed by atoms with E-state index in [1.54, 1.807) is 0 Å². The molecular formula is C17H14ClF4N3O3. The van der Waals surface area contributed by atoms with Crippen LogP contribution >= 0.6 is 11.6 Å². The molecule has 150 valence electrons. The van der Waals surface area contributed by atoms with Crippen molar-refractivity contribution in [3.8, 4) is 5.75 Å². The number of carbonyl (C=O) groups is 1. The van der Waals surface area contributed by atoms with E-state index >= 15 is 0 Å². The molecule has 1 aromatic heterocycles. The molecule has 1 unspecified atom stereocenters. The van der Waals surface area contributed by atoms with Crippen molar-refractivity contribution in [2.24, 2.45) is 5.92 Å². The van der Waals surface area contributed by atoms with Crippen LogP contribution in [0.3, 0.4) is 0 Å². The molecule has 0 aliphatic carbocycles. The van der Waals surface area contributed by atoms with Gasteiger partial charge >= 0.3 is 12.1 Å². The van der Waals surface area contributed by atoms with E-state index in [0.29, 0.717) is 0 Å². The van der Waals surface area contributed by atoms with Crippen LogP contribution in [-0.2, 0) is 0 Å². The average molecular weight is 420 g/mol. The minimum Gasteiger partial charge on any atom is -0.482 e. The summed E-state index contributed by atoms with van der Waals surface area (Å²) in [5.41, 5.74) is 0.278. The van der Waals surface area contributed by atoms with Crippen LogP contribution in [0.1, 0.15) is 22.3 Å². The van der Waals surface area contributed by atoms with Crippen molar-refractivity contribution in [1.29, 1.82) is 0 Å².